The van der Waals surface area contributed by atoms with Gasteiger partial charge in [0.2, 0.25) is 0 Å². The Kier molecular flexibility index (Phi) is 4.16. The molecule has 0 radical (unpaired) electrons. The van der Waals surface area contributed by atoms with Gasteiger partial charge in [0.1, 0.15) is 5.82 Å². The Hall–Kier alpha value is -2.73. The summed E-state index contributed by atoms with van der Waals surface area (Å²) in [7, 11) is 0. The van der Waals surface area contributed by atoms with Crippen LogP contribution in [0.15, 0.2) is 35.4 Å². The minimum atomic E-state index is -0.0181. The van der Waals surface area contributed by atoms with Crippen LogP contribution in [0.4, 0.5) is 0 Å². The van der Waals surface area contributed by atoms with Gasteiger partial charge in [0, 0.05) is 60.6 Å². The van der Waals surface area contributed by atoms with Gasteiger partial charge >= 0.3 is 0 Å². The average molecular weight is 375 g/mol. The zero-order chi connectivity index (χ0) is 19.3. The molecule has 1 saturated carbocycles. The Morgan fingerprint density at radius 2 is 2.14 bits per heavy atom. The Labute approximate surface area is 164 Å². The van der Waals surface area contributed by atoms with Gasteiger partial charge in [-0.2, -0.15) is 0 Å². The van der Waals surface area contributed by atoms with Gasteiger partial charge in [0.05, 0.1) is 5.69 Å². The highest BCUT2D eigenvalue weighted by Crippen LogP contribution is 2.38. The van der Waals surface area contributed by atoms with Crippen molar-refractivity contribution in [3.8, 4) is 11.4 Å². The minimum Gasteiger partial charge on any atom is -0.346 e. The summed E-state index contributed by atoms with van der Waals surface area (Å²) in [6.07, 6.45) is 6.80. The monoisotopic (exact) mass is 375 g/mol. The Balaban J connectivity index is 1.41. The van der Waals surface area contributed by atoms with E-state index >= 15 is 0 Å². The molecule has 6 heteroatoms. The molecule has 0 atom stereocenters. The topological polar surface area (TPSA) is 66.8 Å². The van der Waals surface area contributed by atoms with Crippen molar-refractivity contribution in [3.63, 3.8) is 0 Å². The quantitative estimate of drug-likeness (QED) is 0.761. The largest absolute Gasteiger partial charge is 0.346 e. The number of hydrogen-bond acceptors (Lipinski definition) is 4. The zero-order valence-electron chi connectivity index (χ0n) is 16.4. The number of nitrogens with zero attached hydrogens (tertiary/aromatic N) is 4. The van der Waals surface area contributed by atoms with Crippen molar-refractivity contribution >= 4 is 0 Å². The smallest absolute Gasteiger partial charge is 0.254 e. The third-order valence-electron chi connectivity index (χ3n) is 5.98. The molecule has 3 aromatic rings. The van der Waals surface area contributed by atoms with Crippen LogP contribution in [0.1, 0.15) is 47.1 Å². The molecule has 144 valence electrons. The normalized spacial score (nSPS) is 16.9. The van der Waals surface area contributed by atoms with E-state index in [2.05, 4.69) is 39.3 Å². The molecule has 1 fully saturated rings. The van der Waals surface area contributed by atoms with Gasteiger partial charge in [-0.1, -0.05) is 0 Å². The number of aryl methyl sites for hydroxylation is 1. The van der Waals surface area contributed by atoms with Gasteiger partial charge in [-0.05, 0) is 56.9 Å². The summed E-state index contributed by atoms with van der Waals surface area (Å²) in [4.78, 5) is 26.8. The van der Waals surface area contributed by atoms with E-state index in [1.165, 1.54) is 29.8 Å². The first-order valence-corrected chi connectivity index (χ1v) is 10.0. The number of pyridine rings is 1. The van der Waals surface area contributed by atoms with Crippen molar-refractivity contribution in [3.05, 3.63) is 69.2 Å². The predicted molar refractivity (Wildman–Crippen MR) is 108 cm³/mol. The first kappa shape index (κ1) is 17.4. The molecule has 1 N–H and O–H groups in total. The van der Waals surface area contributed by atoms with Crippen molar-refractivity contribution in [2.75, 3.05) is 6.54 Å². The lowest BCUT2D eigenvalue weighted by atomic mass is 10.1. The van der Waals surface area contributed by atoms with Crippen LogP contribution in [-0.2, 0) is 19.5 Å². The number of aromatic nitrogens is 4. The minimum absolute atomic E-state index is 0.0181. The van der Waals surface area contributed by atoms with Crippen LogP contribution in [0.25, 0.3) is 11.4 Å². The summed E-state index contributed by atoms with van der Waals surface area (Å²) < 4.78 is 2.50. The summed E-state index contributed by atoms with van der Waals surface area (Å²) in [5.74, 6) is 0.602. The van der Waals surface area contributed by atoms with Crippen molar-refractivity contribution in [2.45, 2.75) is 52.2 Å². The molecule has 2 aliphatic rings. The first-order valence-electron chi connectivity index (χ1n) is 10.0. The van der Waals surface area contributed by atoms with E-state index < -0.39 is 0 Å². The van der Waals surface area contributed by atoms with E-state index in [1.54, 1.807) is 12.4 Å². The van der Waals surface area contributed by atoms with Gasteiger partial charge in [-0.3, -0.25) is 14.7 Å². The maximum absolute atomic E-state index is 12.6. The fraction of sp³-hybridized carbons (Fsp3) is 0.409. The second-order valence-corrected chi connectivity index (χ2v) is 8.04. The molecule has 28 heavy (non-hydrogen) atoms. The first-order chi connectivity index (χ1) is 13.6. The molecule has 0 bridgehead atoms. The second kappa shape index (κ2) is 6.71. The van der Waals surface area contributed by atoms with Crippen LogP contribution in [-0.4, -0.2) is 31.0 Å². The number of aromatic amines is 1. The lowest BCUT2D eigenvalue weighted by Crippen LogP contribution is -2.35. The Bertz CT molecular complexity index is 1080. The van der Waals surface area contributed by atoms with Gasteiger partial charge in [-0.25, -0.2) is 4.98 Å². The Morgan fingerprint density at radius 1 is 1.29 bits per heavy atom. The van der Waals surface area contributed by atoms with Crippen LogP contribution < -0.4 is 5.56 Å². The third-order valence-corrected chi connectivity index (χ3v) is 5.98. The number of hydrogen-bond donors (Lipinski definition) is 1. The van der Waals surface area contributed by atoms with Gasteiger partial charge in [-0.15, -0.1) is 0 Å². The molecular formula is C22H25N5O. The summed E-state index contributed by atoms with van der Waals surface area (Å²) in [6, 6.07) is 6.81. The summed E-state index contributed by atoms with van der Waals surface area (Å²) in [5, 5.41) is 0. The molecule has 0 amide bonds. The SMILES string of the molecule is Cc1cc(CN2CCc3c(nc(-c4cccnc4)[nH]c3=O)C2)c(C)n1C1CC1. The fourth-order valence-electron chi connectivity index (χ4n) is 4.41. The highest BCUT2D eigenvalue weighted by molar-refractivity contribution is 5.53. The van der Waals surface area contributed by atoms with Crippen LogP contribution >= 0.6 is 0 Å². The van der Waals surface area contributed by atoms with Crippen molar-refractivity contribution < 1.29 is 0 Å². The van der Waals surface area contributed by atoms with Crippen LogP contribution in [0.5, 0.6) is 0 Å². The molecule has 6 nitrogen and oxygen atoms in total. The molecule has 0 unspecified atom stereocenters. The third kappa shape index (κ3) is 3.07. The van der Waals surface area contributed by atoms with Crippen molar-refractivity contribution in [1.82, 2.24) is 24.4 Å². The van der Waals surface area contributed by atoms with E-state index in [9.17, 15) is 4.79 Å². The molecule has 0 saturated heterocycles. The average Bonchev–Trinajstić information content (AvgIpc) is 3.48. The number of nitrogens with one attached hydrogen (secondary N) is 1. The highest BCUT2D eigenvalue weighted by Gasteiger charge is 2.28. The summed E-state index contributed by atoms with van der Waals surface area (Å²) >= 11 is 0. The lowest BCUT2D eigenvalue weighted by Gasteiger charge is -2.27. The van der Waals surface area contributed by atoms with Crippen LogP contribution in [0, 0.1) is 13.8 Å². The van der Waals surface area contributed by atoms with E-state index in [0.717, 1.165) is 36.3 Å². The lowest BCUT2D eigenvalue weighted by molar-refractivity contribution is 0.240. The van der Waals surface area contributed by atoms with Gasteiger partial charge < -0.3 is 9.55 Å². The second-order valence-electron chi connectivity index (χ2n) is 8.04. The van der Waals surface area contributed by atoms with Crippen molar-refractivity contribution in [1.29, 1.82) is 0 Å². The molecule has 4 heterocycles. The standard InChI is InChI=1S/C22H25N5O/c1-14-10-17(15(2)27(14)18-5-6-18)12-26-9-7-19-20(13-26)24-21(25-22(19)28)16-4-3-8-23-11-16/h3-4,8,10-11,18H,5-7,9,12-13H2,1-2H3,(H,24,25,28). The Morgan fingerprint density at radius 3 is 2.89 bits per heavy atom. The van der Waals surface area contributed by atoms with Crippen LogP contribution in [0.2, 0.25) is 0 Å². The molecular weight excluding hydrogens is 350 g/mol. The van der Waals surface area contributed by atoms with Gasteiger partial charge in [0.25, 0.3) is 5.56 Å². The predicted octanol–water partition coefficient (Wildman–Crippen LogP) is 3.14. The van der Waals surface area contributed by atoms with E-state index in [1.807, 2.05) is 12.1 Å². The molecule has 1 aliphatic heterocycles. The molecule has 3 aromatic heterocycles. The highest BCUT2D eigenvalue weighted by atomic mass is 16.1. The molecule has 0 spiro atoms. The molecule has 0 aromatic carbocycles. The van der Waals surface area contributed by atoms with Crippen molar-refractivity contribution in [2.24, 2.45) is 0 Å². The summed E-state index contributed by atoms with van der Waals surface area (Å²) in [5.41, 5.74) is 6.69. The van der Waals surface area contributed by atoms with E-state index in [-0.39, 0.29) is 5.56 Å². The molecule has 5 rings (SSSR count). The maximum atomic E-state index is 12.6. The summed E-state index contributed by atoms with van der Waals surface area (Å²) in [6.45, 7) is 6.95. The number of rotatable bonds is 4. The zero-order valence-corrected chi connectivity index (χ0v) is 16.4. The molecule has 1 aliphatic carbocycles. The number of H-pyrrole nitrogens is 1. The van der Waals surface area contributed by atoms with E-state index in [0.29, 0.717) is 18.4 Å². The van der Waals surface area contributed by atoms with E-state index in [4.69, 9.17) is 4.98 Å². The van der Waals surface area contributed by atoms with Gasteiger partial charge in [0.15, 0.2) is 0 Å². The number of fused-ring (bicyclic) bond motifs is 1. The van der Waals surface area contributed by atoms with Crippen LogP contribution in [0.3, 0.4) is 0 Å². The fourth-order valence-corrected chi connectivity index (χ4v) is 4.41. The maximum Gasteiger partial charge on any atom is 0.254 e.